The van der Waals surface area contributed by atoms with Gasteiger partial charge in [0.05, 0.1) is 0 Å². The summed E-state index contributed by atoms with van der Waals surface area (Å²) in [5.41, 5.74) is 2.27. The fourth-order valence-electron chi connectivity index (χ4n) is 5.57. The van der Waals surface area contributed by atoms with Crippen LogP contribution >= 0.6 is 33.1 Å². The van der Waals surface area contributed by atoms with E-state index in [-0.39, 0.29) is 9.90 Å². The monoisotopic (exact) mass is 587 g/mol. The van der Waals surface area contributed by atoms with Crippen LogP contribution in [0.25, 0.3) is 0 Å². The van der Waals surface area contributed by atoms with E-state index in [9.17, 15) is 0 Å². The van der Waals surface area contributed by atoms with Crippen LogP contribution in [0.2, 0.25) is 13.5 Å². The molecule has 0 N–H and O–H groups in total. The van der Waals surface area contributed by atoms with Crippen LogP contribution < -0.4 is 0 Å². The minimum absolute atomic E-state index is 0. The van der Waals surface area contributed by atoms with E-state index in [1.54, 1.807) is 96.3 Å². The average Bonchev–Trinajstić information content (AvgIpc) is 2.82. The van der Waals surface area contributed by atoms with Crippen LogP contribution in [0.15, 0.2) is 24.3 Å². The summed E-state index contributed by atoms with van der Waals surface area (Å²) < 4.78 is 3.80. The molecular formula is C28H48Cl2PRu. The summed E-state index contributed by atoms with van der Waals surface area (Å²) >= 11 is 10.9. The van der Waals surface area contributed by atoms with Gasteiger partial charge in [-0.2, -0.15) is 9.90 Å². The van der Waals surface area contributed by atoms with Gasteiger partial charge in [0.15, 0.2) is 0 Å². The first-order valence-electron chi connectivity index (χ1n) is 13.1. The molecule has 32 heavy (non-hydrogen) atoms. The molecule has 1 atom stereocenters. The van der Waals surface area contributed by atoms with Gasteiger partial charge in [-0.3, -0.25) is 0 Å². The molecule has 0 radical (unpaired) electrons. The summed E-state index contributed by atoms with van der Waals surface area (Å²) in [6, 6.07) is 8.08. The second-order valence-corrected chi connectivity index (χ2v) is 17.2. The quantitative estimate of drug-likeness (QED) is 0.183. The molecule has 0 aromatic heterocycles. The standard InChI is InChI=1S/C10H12Cl2.3C6H11.H3P.Ru/c1-7(2)8-3-5-9(6-4-8)10(11)12;3*1-2-4-6-5-3-1;;/h3-7,10H,1-2H3;3*1H,2-6H2;1H3;. The first-order valence-corrected chi connectivity index (χ1v) is 16.9. The van der Waals surface area contributed by atoms with Crippen molar-refractivity contribution in [2.75, 3.05) is 0 Å². The molecule has 0 nitrogen and oxygen atoms in total. The zero-order valence-electron chi connectivity index (χ0n) is 20.6. The minimum Gasteiger partial charge on any atom is -0.153 e. The molecule has 4 heteroatoms. The summed E-state index contributed by atoms with van der Waals surface area (Å²) in [6.45, 7) is 4.32. The van der Waals surface area contributed by atoms with Gasteiger partial charge in [0.2, 0.25) is 0 Å². The van der Waals surface area contributed by atoms with Crippen molar-refractivity contribution in [1.82, 2.24) is 0 Å². The predicted molar refractivity (Wildman–Crippen MR) is 147 cm³/mol. The fraction of sp³-hybridized carbons (Fsp3) is 0.786. The Morgan fingerprint density at radius 2 is 0.906 bits per heavy atom. The van der Waals surface area contributed by atoms with E-state index < -0.39 is 20.8 Å². The fourth-order valence-corrected chi connectivity index (χ4v) is 14.9. The number of hydrogen-bond acceptors (Lipinski definition) is 0. The Kier molecular flexibility index (Phi) is 14.3. The second kappa shape index (κ2) is 15.8. The van der Waals surface area contributed by atoms with Crippen LogP contribution in [0.1, 0.15) is 132 Å². The van der Waals surface area contributed by atoms with Crippen molar-refractivity contribution in [1.29, 1.82) is 0 Å². The summed E-state index contributed by atoms with van der Waals surface area (Å²) in [4.78, 5) is -0.411. The SMILES string of the molecule is C1CC[CH]([Ru]([CH]2CCCCC2)[CH]2CCCCC2)CC1.CC(C)c1ccc(C(Cl)Cl)cc1.P. The average molecular weight is 588 g/mol. The molecular weight excluding hydrogens is 539 g/mol. The molecule has 187 valence electrons. The smallest absolute Gasteiger partial charge is 0.132 e. The second-order valence-electron chi connectivity index (χ2n) is 10.1. The van der Waals surface area contributed by atoms with Crippen LogP contribution in [-0.2, 0) is 16.0 Å². The largest absolute Gasteiger partial charge is 0.153 e. The van der Waals surface area contributed by atoms with Crippen LogP contribution in [-0.4, -0.2) is 0 Å². The maximum atomic E-state index is 5.70. The third-order valence-corrected chi connectivity index (χ3v) is 15.8. The van der Waals surface area contributed by atoms with Crippen molar-refractivity contribution >= 4 is 33.1 Å². The molecule has 1 unspecified atom stereocenters. The van der Waals surface area contributed by atoms with Gasteiger partial charge in [-0.15, -0.1) is 23.2 Å². The topological polar surface area (TPSA) is 0 Å². The predicted octanol–water partition coefficient (Wildman–Crippen LogP) is 11.2. The molecule has 0 spiro atoms. The molecule has 3 fully saturated rings. The van der Waals surface area contributed by atoms with Crippen LogP contribution in [0, 0.1) is 0 Å². The number of rotatable bonds is 5. The van der Waals surface area contributed by atoms with E-state index in [1.807, 2.05) is 12.1 Å². The van der Waals surface area contributed by atoms with Crippen molar-refractivity contribution in [3.63, 3.8) is 0 Å². The molecule has 0 amide bonds. The van der Waals surface area contributed by atoms with Gasteiger partial charge in [0.25, 0.3) is 0 Å². The molecule has 3 aliphatic rings. The van der Waals surface area contributed by atoms with E-state index in [0.29, 0.717) is 5.92 Å². The van der Waals surface area contributed by atoms with E-state index in [4.69, 9.17) is 23.2 Å². The van der Waals surface area contributed by atoms with E-state index in [0.717, 1.165) is 5.56 Å². The maximum absolute atomic E-state index is 5.70. The normalized spacial score (nSPS) is 21.6. The van der Waals surface area contributed by atoms with Gasteiger partial charge >= 0.3 is 126 Å². The van der Waals surface area contributed by atoms with E-state index in [2.05, 4.69) is 26.0 Å². The molecule has 3 saturated carbocycles. The van der Waals surface area contributed by atoms with Gasteiger partial charge in [-0.05, 0) is 17.0 Å². The molecule has 4 rings (SSSR count). The Morgan fingerprint density at radius 1 is 0.594 bits per heavy atom. The summed E-state index contributed by atoms with van der Waals surface area (Å²) in [5, 5.41) is 0. The van der Waals surface area contributed by atoms with Crippen LogP contribution in [0.4, 0.5) is 0 Å². The Labute approximate surface area is 217 Å². The first kappa shape index (κ1) is 29.1. The number of benzene rings is 1. The van der Waals surface area contributed by atoms with E-state index in [1.165, 1.54) is 19.1 Å². The van der Waals surface area contributed by atoms with Crippen molar-refractivity contribution < 1.29 is 16.0 Å². The van der Waals surface area contributed by atoms with Gasteiger partial charge in [-0.25, -0.2) is 0 Å². The van der Waals surface area contributed by atoms with Gasteiger partial charge in [-0.1, -0.05) is 38.1 Å². The van der Waals surface area contributed by atoms with Crippen molar-refractivity contribution in [3.8, 4) is 0 Å². The molecule has 3 aliphatic carbocycles. The maximum Gasteiger partial charge on any atom is 0.132 e. The number of halogens is 2. The molecule has 0 bridgehead atoms. The summed E-state index contributed by atoms with van der Waals surface area (Å²) in [7, 11) is 0. The zero-order chi connectivity index (χ0) is 22.1. The van der Waals surface area contributed by atoms with Gasteiger partial charge < -0.3 is 0 Å². The van der Waals surface area contributed by atoms with Crippen molar-refractivity contribution in [3.05, 3.63) is 35.4 Å². The Morgan fingerprint density at radius 3 is 1.19 bits per heavy atom. The molecule has 0 saturated heterocycles. The van der Waals surface area contributed by atoms with Gasteiger partial charge in [0, 0.05) is 0 Å². The third-order valence-electron chi connectivity index (χ3n) is 7.42. The minimum atomic E-state index is -0.530. The Balaban J connectivity index is 0.000000244. The number of alkyl halides is 2. The Bertz CT molecular complexity index is 531. The zero-order valence-corrected chi connectivity index (χ0v) is 25.3. The molecule has 0 heterocycles. The van der Waals surface area contributed by atoms with Crippen molar-refractivity contribution in [2.24, 2.45) is 0 Å². The summed E-state index contributed by atoms with van der Waals surface area (Å²) in [5.74, 6) is 0.558. The first-order chi connectivity index (χ1) is 15.1. The molecule has 0 aliphatic heterocycles. The summed E-state index contributed by atoms with van der Waals surface area (Å²) in [6.07, 6.45) is 24.0. The van der Waals surface area contributed by atoms with E-state index >= 15 is 0 Å². The third kappa shape index (κ3) is 9.14. The van der Waals surface area contributed by atoms with Crippen molar-refractivity contribution in [2.45, 2.75) is 134 Å². The Hall–Kier alpha value is 0.853. The van der Waals surface area contributed by atoms with Gasteiger partial charge in [0.1, 0.15) is 4.84 Å². The number of hydrogen-bond donors (Lipinski definition) is 0. The van der Waals surface area contributed by atoms with Crippen LogP contribution in [0.3, 0.4) is 0 Å². The molecule has 1 aromatic rings. The molecule has 1 aromatic carbocycles. The van der Waals surface area contributed by atoms with Crippen LogP contribution in [0.5, 0.6) is 0 Å².